The standard InChI is InChI=1S/C16H20FN3O5S/c1-10-15(12(3)25-19-10)26(22,23)20-11(2)16(21)18-8-9-24-14-6-4-13(17)5-7-14/h4-7,11,20H,8-9H2,1-3H3,(H,18,21)/t11-/m0/s1. The Morgan fingerprint density at radius 1 is 1.31 bits per heavy atom. The highest BCUT2D eigenvalue weighted by Crippen LogP contribution is 2.18. The first-order valence-electron chi connectivity index (χ1n) is 7.82. The Labute approximate surface area is 150 Å². The van der Waals surface area contributed by atoms with Gasteiger partial charge >= 0.3 is 0 Å². The number of halogens is 1. The third-order valence-electron chi connectivity index (χ3n) is 3.45. The number of aryl methyl sites for hydroxylation is 2. The minimum Gasteiger partial charge on any atom is -0.492 e. The summed E-state index contributed by atoms with van der Waals surface area (Å²) in [7, 11) is -3.93. The number of aromatic nitrogens is 1. The molecule has 1 atom stereocenters. The van der Waals surface area contributed by atoms with Gasteiger partial charge in [0.15, 0.2) is 5.76 Å². The summed E-state index contributed by atoms with van der Waals surface area (Å²) < 4.78 is 49.9. The number of hydrogen-bond donors (Lipinski definition) is 2. The quantitative estimate of drug-likeness (QED) is 0.663. The van der Waals surface area contributed by atoms with E-state index in [1.165, 1.54) is 45.0 Å². The predicted octanol–water partition coefficient (Wildman–Crippen LogP) is 1.29. The minimum atomic E-state index is -3.93. The summed E-state index contributed by atoms with van der Waals surface area (Å²) in [6.45, 7) is 4.72. The number of nitrogens with one attached hydrogen (secondary N) is 2. The van der Waals surface area contributed by atoms with Gasteiger partial charge < -0.3 is 14.6 Å². The molecular weight excluding hydrogens is 365 g/mol. The normalized spacial score (nSPS) is 12.6. The molecule has 0 aliphatic rings. The molecule has 0 radical (unpaired) electrons. The van der Waals surface area contributed by atoms with E-state index in [0.717, 1.165) is 0 Å². The Bertz CT molecular complexity index is 845. The summed E-state index contributed by atoms with van der Waals surface area (Å²) in [4.78, 5) is 12.0. The highest BCUT2D eigenvalue weighted by molar-refractivity contribution is 7.89. The maximum absolute atomic E-state index is 12.8. The van der Waals surface area contributed by atoms with Gasteiger partial charge in [0, 0.05) is 0 Å². The highest BCUT2D eigenvalue weighted by Gasteiger charge is 2.27. The molecule has 2 aromatic rings. The fourth-order valence-corrected chi connectivity index (χ4v) is 3.76. The van der Waals surface area contributed by atoms with Crippen LogP contribution in [-0.4, -0.2) is 38.7 Å². The largest absolute Gasteiger partial charge is 0.492 e. The molecule has 0 fully saturated rings. The van der Waals surface area contributed by atoms with Crippen LogP contribution >= 0.6 is 0 Å². The van der Waals surface area contributed by atoms with Crippen LogP contribution in [0.25, 0.3) is 0 Å². The van der Waals surface area contributed by atoms with Crippen LogP contribution in [0.3, 0.4) is 0 Å². The topological polar surface area (TPSA) is 111 Å². The van der Waals surface area contributed by atoms with Crippen molar-refractivity contribution in [3.8, 4) is 5.75 Å². The summed E-state index contributed by atoms with van der Waals surface area (Å²) >= 11 is 0. The molecule has 26 heavy (non-hydrogen) atoms. The molecule has 1 aromatic heterocycles. The first-order valence-corrected chi connectivity index (χ1v) is 9.30. The van der Waals surface area contributed by atoms with Crippen molar-refractivity contribution in [1.82, 2.24) is 15.2 Å². The second-order valence-corrected chi connectivity index (χ2v) is 7.24. The molecule has 1 amide bonds. The Hall–Kier alpha value is -2.46. The monoisotopic (exact) mass is 385 g/mol. The Kier molecular flexibility index (Phi) is 6.32. The number of rotatable bonds is 8. The van der Waals surface area contributed by atoms with Gasteiger partial charge in [-0.15, -0.1) is 0 Å². The minimum absolute atomic E-state index is 0.0724. The molecule has 0 spiro atoms. The molecule has 0 bridgehead atoms. The molecule has 142 valence electrons. The summed E-state index contributed by atoms with van der Waals surface area (Å²) in [5, 5.41) is 6.15. The lowest BCUT2D eigenvalue weighted by molar-refractivity contribution is -0.122. The average molecular weight is 385 g/mol. The molecule has 0 unspecified atom stereocenters. The van der Waals surface area contributed by atoms with Gasteiger partial charge in [0.05, 0.1) is 12.6 Å². The van der Waals surface area contributed by atoms with Crippen molar-refractivity contribution < 1.29 is 26.9 Å². The third kappa shape index (κ3) is 5.02. The van der Waals surface area contributed by atoms with Gasteiger partial charge in [0.25, 0.3) is 0 Å². The molecule has 8 nitrogen and oxygen atoms in total. The molecule has 0 saturated heterocycles. The summed E-state index contributed by atoms with van der Waals surface area (Å²) in [6.07, 6.45) is 0. The molecular formula is C16H20FN3O5S. The first kappa shape index (κ1) is 19.9. The average Bonchev–Trinajstić information content (AvgIpc) is 2.92. The van der Waals surface area contributed by atoms with Crippen molar-refractivity contribution in [2.45, 2.75) is 31.7 Å². The lowest BCUT2D eigenvalue weighted by Gasteiger charge is -2.14. The number of ether oxygens (including phenoxy) is 1. The highest BCUT2D eigenvalue weighted by atomic mass is 32.2. The van der Waals surface area contributed by atoms with Crippen molar-refractivity contribution in [3.63, 3.8) is 0 Å². The van der Waals surface area contributed by atoms with E-state index in [1.807, 2.05) is 0 Å². The van der Waals surface area contributed by atoms with Crippen LogP contribution in [0.5, 0.6) is 5.75 Å². The van der Waals surface area contributed by atoms with Crippen LogP contribution < -0.4 is 14.8 Å². The maximum Gasteiger partial charge on any atom is 0.246 e. The predicted molar refractivity (Wildman–Crippen MR) is 90.7 cm³/mol. The van der Waals surface area contributed by atoms with E-state index in [0.29, 0.717) is 5.75 Å². The van der Waals surface area contributed by atoms with Crippen molar-refractivity contribution >= 4 is 15.9 Å². The molecule has 10 heteroatoms. The summed E-state index contributed by atoms with van der Waals surface area (Å²) in [6, 6.07) is 4.47. The Balaban J connectivity index is 1.83. The lowest BCUT2D eigenvalue weighted by atomic mass is 10.3. The third-order valence-corrected chi connectivity index (χ3v) is 5.23. The molecule has 1 aromatic carbocycles. The zero-order valence-corrected chi connectivity index (χ0v) is 15.4. The van der Waals surface area contributed by atoms with E-state index in [4.69, 9.17) is 9.26 Å². The molecule has 0 aliphatic carbocycles. The van der Waals surface area contributed by atoms with E-state index in [9.17, 15) is 17.6 Å². The second kappa shape index (κ2) is 8.28. The summed E-state index contributed by atoms with van der Waals surface area (Å²) in [5.74, 6) is -0.267. The molecule has 1 heterocycles. The van der Waals surface area contributed by atoms with Crippen LogP contribution in [-0.2, 0) is 14.8 Å². The molecule has 0 aliphatic heterocycles. The maximum atomic E-state index is 12.8. The van der Waals surface area contributed by atoms with E-state index < -0.39 is 22.0 Å². The zero-order chi connectivity index (χ0) is 19.3. The van der Waals surface area contributed by atoms with Gasteiger partial charge in [-0.25, -0.2) is 12.8 Å². The van der Waals surface area contributed by atoms with Gasteiger partial charge in [-0.1, -0.05) is 5.16 Å². The van der Waals surface area contributed by atoms with Crippen LogP contribution in [0.2, 0.25) is 0 Å². The number of nitrogens with zero attached hydrogens (tertiary/aromatic N) is 1. The first-order chi connectivity index (χ1) is 12.2. The molecule has 2 rings (SSSR count). The van der Waals surface area contributed by atoms with Crippen molar-refractivity contribution in [1.29, 1.82) is 0 Å². The smallest absolute Gasteiger partial charge is 0.246 e. The second-order valence-electron chi connectivity index (χ2n) is 5.59. The van der Waals surface area contributed by atoms with Crippen molar-refractivity contribution in [3.05, 3.63) is 41.5 Å². The Morgan fingerprint density at radius 2 is 1.96 bits per heavy atom. The molecule has 2 N–H and O–H groups in total. The van der Waals surface area contributed by atoms with Crippen LogP contribution in [0.15, 0.2) is 33.7 Å². The zero-order valence-electron chi connectivity index (χ0n) is 14.6. The SMILES string of the molecule is Cc1noc(C)c1S(=O)(=O)N[C@@H](C)C(=O)NCCOc1ccc(F)cc1. The van der Waals surface area contributed by atoms with Gasteiger partial charge in [0.1, 0.15) is 28.8 Å². The lowest BCUT2D eigenvalue weighted by Crippen LogP contribution is -2.45. The summed E-state index contributed by atoms with van der Waals surface area (Å²) in [5.41, 5.74) is 0.218. The van der Waals surface area contributed by atoms with E-state index >= 15 is 0 Å². The number of sulfonamides is 1. The Morgan fingerprint density at radius 3 is 2.54 bits per heavy atom. The fourth-order valence-electron chi connectivity index (χ4n) is 2.23. The van der Waals surface area contributed by atoms with Crippen LogP contribution in [0.4, 0.5) is 4.39 Å². The van der Waals surface area contributed by atoms with E-state index in [-0.39, 0.29) is 35.3 Å². The fraction of sp³-hybridized carbons (Fsp3) is 0.375. The number of hydrogen-bond acceptors (Lipinski definition) is 6. The van der Waals surface area contributed by atoms with Crippen molar-refractivity contribution in [2.24, 2.45) is 0 Å². The van der Waals surface area contributed by atoms with Crippen LogP contribution in [0, 0.1) is 19.7 Å². The van der Waals surface area contributed by atoms with E-state index in [1.54, 1.807) is 0 Å². The number of benzene rings is 1. The van der Waals surface area contributed by atoms with Gasteiger partial charge in [-0.05, 0) is 45.0 Å². The number of amides is 1. The van der Waals surface area contributed by atoms with E-state index in [2.05, 4.69) is 15.2 Å². The van der Waals surface area contributed by atoms with Crippen LogP contribution in [0.1, 0.15) is 18.4 Å². The van der Waals surface area contributed by atoms with Gasteiger partial charge in [-0.3, -0.25) is 4.79 Å². The van der Waals surface area contributed by atoms with Gasteiger partial charge in [-0.2, -0.15) is 4.72 Å². The number of carbonyl (C=O) groups excluding carboxylic acids is 1. The van der Waals surface area contributed by atoms with Gasteiger partial charge in [0.2, 0.25) is 15.9 Å². The van der Waals surface area contributed by atoms with Crippen molar-refractivity contribution in [2.75, 3.05) is 13.2 Å². The molecule has 0 saturated carbocycles. The number of carbonyl (C=O) groups is 1.